The summed E-state index contributed by atoms with van der Waals surface area (Å²) < 4.78 is 10.9. The van der Waals surface area contributed by atoms with Crippen LogP contribution in [0.25, 0.3) is 54.9 Å². The number of amides is 4. The number of benzene rings is 7. The highest BCUT2D eigenvalue weighted by Crippen LogP contribution is 2.36. The maximum Gasteiger partial charge on any atom is 0.323 e. The first kappa shape index (κ1) is 52.2. The van der Waals surface area contributed by atoms with E-state index in [2.05, 4.69) is 125 Å². The predicted molar refractivity (Wildman–Crippen MR) is 314 cm³/mol. The lowest BCUT2D eigenvalue weighted by Crippen LogP contribution is -2.35. The van der Waals surface area contributed by atoms with Gasteiger partial charge in [0.15, 0.2) is 0 Å². The van der Waals surface area contributed by atoms with Gasteiger partial charge in [-0.1, -0.05) is 148 Å². The molecule has 2 fully saturated rings. The van der Waals surface area contributed by atoms with E-state index in [0.717, 1.165) is 160 Å². The Morgan fingerprint density at radius 1 is 0.468 bits per heavy atom. The average Bonchev–Trinajstić information content (AvgIpc) is 3.46. The summed E-state index contributed by atoms with van der Waals surface area (Å²) in [6.45, 7) is 17.0. The van der Waals surface area contributed by atoms with Gasteiger partial charge in [-0.05, 0) is 99.0 Å². The Bertz CT molecular complexity index is 3480. The summed E-state index contributed by atoms with van der Waals surface area (Å²) in [5.74, 6) is 0. The molecule has 4 heterocycles. The van der Waals surface area contributed by atoms with Gasteiger partial charge in [-0.3, -0.25) is 19.8 Å². The zero-order valence-corrected chi connectivity index (χ0v) is 44.3. The molecule has 0 aliphatic carbocycles. The van der Waals surface area contributed by atoms with Gasteiger partial charge < -0.3 is 30.7 Å². The molecule has 2 aliphatic rings. The molecule has 7 aromatic carbocycles. The van der Waals surface area contributed by atoms with Gasteiger partial charge in [0, 0.05) is 84.9 Å². The SMILES string of the molecule is CC(C)(C)c1cccc(NC(=O)Nc2ccc(-c3ccc(CN4CCOCC4)nc3)c3ccccc23)c1.Cc1ccc(-c2ccccc2)cc1NC(=O)Nc1ccc(-c2ccc(CN3CCOCC3)nc2)c2ccccc12. The molecular weight excluding hydrogens is 957 g/mol. The molecule has 0 unspecified atom stereocenters. The van der Waals surface area contributed by atoms with Gasteiger partial charge in [0.1, 0.15) is 0 Å². The number of aromatic nitrogens is 2. The minimum Gasteiger partial charge on any atom is -0.379 e. The fraction of sp³-hybridized carbons (Fsp3) is 0.231. The summed E-state index contributed by atoms with van der Waals surface area (Å²) in [5.41, 5.74) is 13.8. The number of anilines is 4. The number of ether oxygens (including phenoxy) is 2. The Morgan fingerprint density at radius 3 is 1.45 bits per heavy atom. The predicted octanol–water partition coefficient (Wildman–Crippen LogP) is 14.0. The lowest BCUT2D eigenvalue weighted by molar-refractivity contribution is 0.0336. The molecule has 0 radical (unpaired) electrons. The van der Waals surface area contributed by atoms with Crippen LogP contribution in [0.5, 0.6) is 0 Å². The van der Waals surface area contributed by atoms with Crippen LogP contribution < -0.4 is 21.3 Å². The molecule has 2 aliphatic heterocycles. The monoisotopic (exact) mass is 1020 g/mol. The molecule has 4 N–H and O–H groups in total. The van der Waals surface area contributed by atoms with Crippen LogP contribution >= 0.6 is 0 Å². The van der Waals surface area contributed by atoms with Gasteiger partial charge in [0.25, 0.3) is 0 Å². The summed E-state index contributed by atoms with van der Waals surface area (Å²) in [6, 6.07) is 56.5. The van der Waals surface area contributed by atoms with Gasteiger partial charge in [-0.25, -0.2) is 9.59 Å². The molecule has 390 valence electrons. The molecule has 0 saturated carbocycles. The van der Waals surface area contributed by atoms with E-state index in [9.17, 15) is 9.59 Å². The van der Waals surface area contributed by atoms with E-state index in [1.54, 1.807) is 0 Å². The van der Waals surface area contributed by atoms with Gasteiger partial charge in [0.2, 0.25) is 0 Å². The molecule has 12 heteroatoms. The minimum atomic E-state index is -0.277. The first-order valence-corrected chi connectivity index (χ1v) is 26.5. The van der Waals surface area contributed by atoms with Crippen molar-refractivity contribution in [2.24, 2.45) is 0 Å². The van der Waals surface area contributed by atoms with Gasteiger partial charge in [0.05, 0.1) is 49.2 Å². The summed E-state index contributed by atoms with van der Waals surface area (Å²) >= 11 is 0. The minimum absolute atomic E-state index is 0.00969. The fourth-order valence-electron chi connectivity index (χ4n) is 9.84. The number of nitrogens with zero attached hydrogens (tertiary/aromatic N) is 4. The van der Waals surface area contributed by atoms with E-state index in [-0.39, 0.29) is 17.5 Å². The van der Waals surface area contributed by atoms with E-state index in [4.69, 9.17) is 19.4 Å². The van der Waals surface area contributed by atoms with Crippen LogP contribution in [0, 0.1) is 6.92 Å². The molecule has 0 bridgehead atoms. The van der Waals surface area contributed by atoms with Gasteiger partial charge >= 0.3 is 12.1 Å². The number of morpholine rings is 2. The van der Waals surface area contributed by atoms with Crippen molar-refractivity contribution in [1.82, 2.24) is 19.8 Å². The highest BCUT2D eigenvalue weighted by molar-refractivity contribution is 6.11. The van der Waals surface area contributed by atoms with Gasteiger partial charge in [-0.15, -0.1) is 0 Å². The van der Waals surface area contributed by atoms with Crippen molar-refractivity contribution in [2.75, 3.05) is 73.9 Å². The topological polar surface area (TPSA) is 133 Å². The Labute approximate surface area is 451 Å². The zero-order chi connectivity index (χ0) is 53.1. The van der Waals surface area contributed by atoms with Gasteiger partial charge in [-0.2, -0.15) is 0 Å². The molecule has 2 aromatic heterocycles. The molecular formula is C65H66N8O4. The number of hydrogen-bond acceptors (Lipinski definition) is 8. The van der Waals surface area contributed by atoms with Crippen molar-refractivity contribution in [3.63, 3.8) is 0 Å². The second-order valence-electron chi connectivity index (χ2n) is 20.7. The number of aryl methyl sites for hydroxylation is 1. The molecule has 0 atom stereocenters. The Hall–Kier alpha value is -8.26. The van der Waals surface area contributed by atoms with Crippen LogP contribution in [-0.2, 0) is 28.0 Å². The molecule has 4 amide bonds. The van der Waals surface area contributed by atoms with E-state index in [0.29, 0.717) is 0 Å². The van der Waals surface area contributed by atoms with E-state index in [1.165, 1.54) is 5.56 Å². The first-order valence-electron chi connectivity index (χ1n) is 26.5. The summed E-state index contributed by atoms with van der Waals surface area (Å²) in [6.07, 6.45) is 3.89. The number of carbonyl (C=O) groups is 2. The van der Waals surface area contributed by atoms with E-state index in [1.807, 2.05) is 116 Å². The molecule has 0 spiro atoms. The quantitative estimate of drug-likeness (QED) is 0.101. The van der Waals surface area contributed by atoms with Crippen molar-refractivity contribution in [3.8, 4) is 33.4 Å². The van der Waals surface area contributed by atoms with Crippen LogP contribution in [0.4, 0.5) is 32.3 Å². The number of rotatable bonds is 11. The molecule has 77 heavy (non-hydrogen) atoms. The molecule has 11 rings (SSSR count). The summed E-state index contributed by atoms with van der Waals surface area (Å²) in [4.78, 5) is 40.3. The van der Waals surface area contributed by atoms with Crippen LogP contribution in [0.1, 0.15) is 43.3 Å². The second kappa shape index (κ2) is 24.2. The highest BCUT2D eigenvalue weighted by atomic mass is 16.5. The Morgan fingerprint density at radius 2 is 0.948 bits per heavy atom. The first-order chi connectivity index (χ1) is 37.5. The van der Waals surface area contributed by atoms with Crippen LogP contribution in [0.2, 0.25) is 0 Å². The smallest absolute Gasteiger partial charge is 0.323 e. The van der Waals surface area contributed by atoms with E-state index >= 15 is 0 Å². The molecule has 2 saturated heterocycles. The van der Waals surface area contributed by atoms with Crippen LogP contribution in [-0.4, -0.2) is 84.4 Å². The van der Waals surface area contributed by atoms with Crippen molar-refractivity contribution in [1.29, 1.82) is 0 Å². The standard InChI is InChI=1S/C34H32N4O2.C31H34N4O2/c1-24-11-12-26(25-7-3-2-4-8-25)21-33(24)37-34(39)36-32-16-15-29(30-9-5-6-10-31(30)32)27-13-14-28(35-22-27)23-38-17-19-40-20-18-38;1-31(2,3)23-7-6-8-24(19-23)33-30(36)34-29-14-13-26(27-9-4-5-10-28(27)29)22-11-12-25(32-20-22)21-35-15-17-37-18-16-35/h2-16,21-22H,17-20,23H2,1H3,(H2,36,37,39);4-14,19-20H,15-18,21H2,1-3H3,(H2,33,34,36). The number of hydrogen-bond donors (Lipinski definition) is 4. The number of carbonyl (C=O) groups excluding carboxylic acids is 2. The third-order valence-electron chi connectivity index (χ3n) is 14.2. The molecule has 9 aromatic rings. The summed E-state index contributed by atoms with van der Waals surface area (Å²) in [7, 11) is 0. The third-order valence-corrected chi connectivity index (χ3v) is 14.2. The van der Waals surface area contributed by atoms with Crippen molar-refractivity contribution in [3.05, 3.63) is 205 Å². The number of nitrogens with one attached hydrogen (secondary N) is 4. The second-order valence-corrected chi connectivity index (χ2v) is 20.7. The highest BCUT2D eigenvalue weighted by Gasteiger charge is 2.18. The Balaban J connectivity index is 0.000000175. The van der Waals surface area contributed by atoms with Crippen molar-refractivity contribution in [2.45, 2.75) is 46.2 Å². The third kappa shape index (κ3) is 13.2. The van der Waals surface area contributed by atoms with Crippen LogP contribution in [0.15, 0.2) is 182 Å². The zero-order valence-electron chi connectivity index (χ0n) is 44.3. The maximum atomic E-state index is 13.1. The maximum absolute atomic E-state index is 13.1. The lowest BCUT2D eigenvalue weighted by Gasteiger charge is -2.26. The van der Waals surface area contributed by atoms with Crippen molar-refractivity contribution >= 4 is 56.4 Å². The average molecular weight is 1020 g/mol. The normalized spacial score (nSPS) is 14.1. The largest absolute Gasteiger partial charge is 0.379 e. The number of urea groups is 2. The molecule has 12 nitrogen and oxygen atoms in total. The van der Waals surface area contributed by atoms with E-state index < -0.39 is 0 Å². The fourth-order valence-corrected chi connectivity index (χ4v) is 9.84. The Kier molecular flexibility index (Phi) is 16.4. The number of fused-ring (bicyclic) bond motifs is 2. The van der Waals surface area contributed by atoms with Crippen LogP contribution in [0.3, 0.4) is 0 Å². The van der Waals surface area contributed by atoms with Crippen molar-refractivity contribution < 1.29 is 19.1 Å². The summed E-state index contributed by atoms with van der Waals surface area (Å²) in [5, 5.41) is 16.2. The number of pyridine rings is 2. The lowest BCUT2D eigenvalue weighted by atomic mass is 9.87.